The molecule has 0 aromatic rings. The molecule has 0 bridgehead atoms. The molecule has 2 unspecified atom stereocenters. The maximum Gasteiger partial charge on any atom is 0.0628 e. The summed E-state index contributed by atoms with van der Waals surface area (Å²) in [6.45, 7) is 3.15. The standard InChI is InChI=1S/C12H24O2/c1-4-12(9-10-13-2)8-6-5-7-11(12)14-3/h11H,4-10H2,1-3H3. The van der Waals surface area contributed by atoms with E-state index in [-0.39, 0.29) is 0 Å². The Balaban J connectivity index is 2.60. The van der Waals surface area contributed by atoms with Crippen molar-refractivity contribution in [3.8, 4) is 0 Å². The van der Waals surface area contributed by atoms with Crippen molar-refractivity contribution in [1.29, 1.82) is 0 Å². The van der Waals surface area contributed by atoms with Gasteiger partial charge in [0, 0.05) is 20.8 Å². The van der Waals surface area contributed by atoms with Gasteiger partial charge in [-0.25, -0.2) is 0 Å². The summed E-state index contributed by atoms with van der Waals surface area (Å²) in [7, 11) is 3.64. The molecule has 0 N–H and O–H groups in total. The number of methoxy groups -OCH3 is 2. The highest BCUT2D eigenvalue weighted by atomic mass is 16.5. The van der Waals surface area contributed by atoms with Crippen LogP contribution in [0.4, 0.5) is 0 Å². The molecule has 1 aliphatic rings. The maximum absolute atomic E-state index is 5.64. The van der Waals surface area contributed by atoms with Crippen LogP contribution in [-0.2, 0) is 9.47 Å². The van der Waals surface area contributed by atoms with Crippen molar-refractivity contribution in [2.45, 2.75) is 51.6 Å². The highest BCUT2D eigenvalue weighted by molar-refractivity contribution is 4.89. The average Bonchev–Trinajstić information content (AvgIpc) is 2.26. The topological polar surface area (TPSA) is 18.5 Å². The van der Waals surface area contributed by atoms with Crippen molar-refractivity contribution in [3.05, 3.63) is 0 Å². The molecule has 2 heteroatoms. The highest BCUT2D eigenvalue weighted by Gasteiger charge is 2.38. The molecule has 1 saturated carbocycles. The van der Waals surface area contributed by atoms with Gasteiger partial charge in [0.25, 0.3) is 0 Å². The predicted octanol–water partition coefficient (Wildman–Crippen LogP) is 3.01. The van der Waals surface area contributed by atoms with Gasteiger partial charge in [-0.1, -0.05) is 19.8 Å². The van der Waals surface area contributed by atoms with Gasteiger partial charge in [0.2, 0.25) is 0 Å². The van der Waals surface area contributed by atoms with Crippen LogP contribution < -0.4 is 0 Å². The summed E-state index contributed by atoms with van der Waals surface area (Å²) in [6.07, 6.45) is 8.05. The van der Waals surface area contributed by atoms with Gasteiger partial charge in [-0.15, -0.1) is 0 Å². The van der Waals surface area contributed by atoms with Gasteiger partial charge in [-0.2, -0.15) is 0 Å². The minimum Gasteiger partial charge on any atom is -0.385 e. The summed E-state index contributed by atoms with van der Waals surface area (Å²) >= 11 is 0. The smallest absolute Gasteiger partial charge is 0.0628 e. The van der Waals surface area contributed by atoms with E-state index < -0.39 is 0 Å². The van der Waals surface area contributed by atoms with Gasteiger partial charge in [0.1, 0.15) is 0 Å². The van der Waals surface area contributed by atoms with Crippen molar-refractivity contribution in [1.82, 2.24) is 0 Å². The molecule has 1 fully saturated rings. The number of hydrogen-bond donors (Lipinski definition) is 0. The molecule has 1 rings (SSSR count). The molecule has 0 aliphatic heterocycles. The molecule has 2 atom stereocenters. The summed E-state index contributed by atoms with van der Waals surface area (Å²) in [4.78, 5) is 0. The summed E-state index contributed by atoms with van der Waals surface area (Å²) in [6, 6.07) is 0. The van der Waals surface area contributed by atoms with Crippen LogP contribution in [0.1, 0.15) is 45.4 Å². The first-order valence-corrected chi connectivity index (χ1v) is 5.81. The SMILES string of the molecule is CCC1(CCOC)CCCCC1OC. The van der Waals surface area contributed by atoms with Gasteiger partial charge < -0.3 is 9.47 Å². The Kier molecular flexibility index (Phi) is 4.90. The van der Waals surface area contributed by atoms with Crippen LogP contribution in [0.15, 0.2) is 0 Å². The second-order valence-electron chi connectivity index (χ2n) is 4.43. The van der Waals surface area contributed by atoms with Crippen molar-refractivity contribution >= 4 is 0 Å². The van der Waals surface area contributed by atoms with Crippen LogP contribution in [0.3, 0.4) is 0 Å². The molecular weight excluding hydrogens is 176 g/mol. The lowest BCUT2D eigenvalue weighted by Gasteiger charge is -2.43. The third kappa shape index (κ3) is 2.48. The number of ether oxygens (including phenoxy) is 2. The fourth-order valence-corrected chi connectivity index (χ4v) is 2.81. The van der Waals surface area contributed by atoms with Crippen molar-refractivity contribution in [3.63, 3.8) is 0 Å². The van der Waals surface area contributed by atoms with Crippen molar-refractivity contribution in [2.75, 3.05) is 20.8 Å². The maximum atomic E-state index is 5.64. The Hall–Kier alpha value is -0.0800. The van der Waals surface area contributed by atoms with Crippen molar-refractivity contribution < 1.29 is 9.47 Å². The zero-order chi connectivity index (χ0) is 10.4. The summed E-state index contributed by atoms with van der Waals surface area (Å²) in [5, 5.41) is 0. The van der Waals surface area contributed by atoms with Gasteiger partial charge >= 0.3 is 0 Å². The number of hydrogen-bond acceptors (Lipinski definition) is 2. The Morgan fingerprint density at radius 3 is 2.64 bits per heavy atom. The predicted molar refractivity (Wildman–Crippen MR) is 58.5 cm³/mol. The van der Waals surface area contributed by atoms with Crippen molar-refractivity contribution in [2.24, 2.45) is 5.41 Å². The van der Waals surface area contributed by atoms with Crippen LogP contribution in [0.2, 0.25) is 0 Å². The van der Waals surface area contributed by atoms with Gasteiger partial charge in [0.05, 0.1) is 6.10 Å². The van der Waals surface area contributed by atoms with E-state index in [2.05, 4.69) is 6.92 Å². The summed E-state index contributed by atoms with van der Waals surface area (Å²) in [5.74, 6) is 0. The van der Waals surface area contributed by atoms with Crippen LogP contribution in [-0.4, -0.2) is 26.9 Å². The van der Waals surface area contributed by atoms with E-state index in [4.69, 9.17) is 9.47 Å². The lowest BCUT2D eigenvalue weighted by Crippen LogP contribution is -2.39. The van der Waals surface area contributed by atoms with E-state index in [1.54, 1.807) is 7.11 Å². The van der Waals surface area contributed by atoms with E-state index in [1.807, 2.05) is 7.11 Å². The molecule has 0 amide bonds. The largest absolute Gasteiger partial charge is 0.385 e. The van der Waals surface area contributed by atoms with Crippen LogP contribution in [0.5, 0.6) is 0 Å². The monoisotopic (exact) mass is 200 g/mol. The van der Waals surface area contributed by atoms with Crippen LogP contribution in [0, 0.1) is 5.41 Å². The van der Waals surface area contributed by atoms with E-state index in [0.717, 1.165) is 13.0 Å². The van der Waals surface area contributed by atoms with E-state index >= 15 is 0 Å². The van der Waals surface area contributed by atoms with E-state index in [0.29, 0.717) is 11.5 Å². The quantitative estimate of drug-likeness (QED) is 0.679. The first kappa shape index (κ1) is 12.0. The van der Waals surface area contributed by atoms with E-state index in [1.165, 1.54) is 32.1 Å². The van der Waals surface area contributed by atoms with Crippen LogP contribution in [0.25, 0.3) is 0 Å². The van der Waals surface area contributed by atoms with Gasteiger partial charge in [-0.05, 0) is 31.1 Å². The molecule has 0 aromatic carbocycles. The fourth-order valence-electron chi connectivity index (χ4n) is 2.81. The Bertz CT molecular complexity index is 158. The molecule has 0 spiro atoms. The first-order chi connectivity index (χ1) is 6.79. The average molecular weight is 200 g/mol. The zero-order valence-corrected chi connectivity index (χ0v) is 9.84. The molecule has 14 heavy (non-hydrogen) atoms. The second-order valence-corrected chi connectivity index (χ2v) is 4.43. The Labute approximate surface area is 88.0 Å². The third-order valence-corrected chi connectivity index (χ3v) is 3.87. The lowest BCUT2D eigenvalue weighted by molar-refractivity contribution is -0.0597. The molecule has 1 aliphatic carbocycles. The normalized spacial score (nSPS) is 33.2. The fraction of sp³-hybridized carbons (Fsp3) is 1.00. The molecule has 0 aromatic heterocycles. The minimum atomic E-state index is 0.392. The first-order valence-electron chi connectivity index (χ1n) is 5.81. The molecule has 0 heterocycles. The molecule has 0 radical (unpaired) electrons. The van der Waals surface area contributed by atoms with E-state index in [9.17, 15) is 0 Å². The minimum absolute atomic E-state index is 0.392. The molecule has 2 nitrogen and oxygen atoms in total. The molecule has 84 valence electrons. The summed E-state index contributed by atoms with van der Waals surface area (Å²) < 4.78 is 10.8. The third-order valence-electron chi connectivity index (χ3n) is 3.87. The Morgan fingerprint density at radius 2 is 2.07 bits per heavy atom. The zero-order valence-electron chi connectivity index (χ0n) is 9.84. The molecule has 0 saturated heterocycles. The number of rotatable bonds is 5. The highest BCUT2D eigenvalue weighted by Crippen LogP contribution is 2.43. The molecular formula is C12H24O2. The van der Waals surface area contributed by atoms with Gasteiger partial charge in [-0.3, -0.25) is 0 Å². The Morgan fingerprint density at radius 1 is 1.29 bits per heavy atom. The van der Waals surface area contributed by atoms with Crippen LogP contribution >= 0.6 is 0 Å². The lowest BCUT2D eigenvalue weighted by atomic mass is 9.68. The summed E-state index contributed by atoms with van der Waals surface area (Å²) in [5.41, 5.74) is 0.392. The van der Waals surface area contributed by atoms with Gasteiger partial charge in [0.15, 0.2) is 0 Å². The second kappa shape index (κ2) is 5.72.